The summed E-state index contributed by atoms with van der Waals surface area (Å²) in [7, 11) is 1.61. The Hall–Kier alpha value is -0.773. The third kappa shape index (κ3) is 4.11. The van der Waals surface area contributed by atoms with E-state index in [1.165, 1.54) is 0 Å². The molecule has 0 saturated carbocycles. The van der Waals surface area contributed by atoms with Crippen LogP contribution in [0.5, 0.6) is 5.75 Å². The first-order valence-electron chi connectivity index (χ1n) is 5.82. The van der Waals surface area contributed by atoms with Crippen LogP contribution in [0.15, 0.2) is 42.5 Å². The average Bonchev–Trinajstić information content (AvgIpc) is 2.41. The fourth-order valence-electron chi connectivity index (χ4n) is 1.74. The topological polar surface area (TPSA) is 26.3 Å². The molecule has 0 N–H and O–H groups in total. The Bertz CT molecular complexity index is 622. The number of hydrogen-bond donors (Lipinski definition) is 0. The number of carbonyl (C=O) groups is 1. The molecule has 0 aliphatic rings. The number of aryl methyl sites for hydroxylation is 1. The summed E-state index contributed by atoms with van der Waals surface area (Å²) in [5.41, 5.74) is 1.85. The maximum absolute atomic E-state index is 12.3. The Morgan fingerprint density at radius 1 is 1.25 bits per heavy atom. The van der Waals surface area contributed by atoms with Crippen LogP contribution in [0.2, 0.25) is 5.02 Å². The summed E-state index contributed by atoms with van der Waals surface area (Å²) in [6.45, 7) is 1.94. The van der Waals surface area contributed by atoms with Crippen molar-refractivity contribution in [2.24, 2.45) is 0 Å². The van der Waals surface area contributed by atoms with Gasteiger partial charge in [-0.15, -0.1) is 0 Å². The molecular formula is C15H15ClLiO2P. The molecule has 2 rings (SSSR count). The van der Waals surface area contributed by atoms with Gasteiger partial charge in [0.1, 0.15) is 5.75 Å². The molecule has 0 amide bonds. The summed E-state index contributed by atoms with van der Waals surface area (Å²) in [4.78, 5) is 12.3. The van der Waals surface area contributed by atoms with E-state index in [9.17, 15) is 4.79 Å². The quantitative estimate of drug-likeness (QED) is 0.620. The van der Waals surface area contributed by atoms with E-state index in [2.05, 4.69) is 0 Å². The van der Waals surface area contributed by atoms with E-state index in [0.717, 1.165) is 16.4 Å². The van der Waals surface area contributed by atoms with Crippen molar-refractivity contribution in [1.82, 2.24) is 0 Å². The van der Waals surface area contributed by atoms with Gasteiger partial charge >= 0.3 is 18.9 Å². The number of carbonyl (C=O) groups excluding carboxylic acids is 1. The molecule has 5 heteroatoms. The van der Waals surface area contributed by atoms with Crippen LogP contribution in [0.1, 0.15) is 17.3 Å². The van der Waals surface area contributed by atoms with E-state index in [4.69, 9.17) is 16.3 Å². The fourth-order valence-corrected chi connectivity index (χ4v) is 3.07. The van der Waals surface area contributed by atoms with Crippen molar-refractivity contribution >= 4 is 31.0 Å². The van der Waals surface area contributed by atoms with Crippen molar-refractivity contribution in [3.63, 3.8) is 0 Å². The molecule has 2 nitrogen and oxygen atoms in total. The minimum Gasteiger partial charge on any atom is -1.00 e. The first-order valence-corrected chi connectivity index (χ1v) is 7.20. The molecule has 1 unspecified atom stereocenters. The number of benzene rings is 2. The van der Waals surface area contributed by atoms with Crippen molar-refractivity contribution in [2.45, 2.75) is 6.92 Å². The predicted molar refractivity (Wildman–Crippen MR) is 82.6 cm³/mol. The molecule has 2 aromatic carbocycles. The summed E-state index contributed by atoms with van der Waals surface area (Å²) in [5.74, 6) is 0.696. The Morgan fingerprint density at radius 2 is 1.95 bits per heavy atom. The molecule has 100 valence electrons. The number of halogens is 1. The van der Waals surface area contributed by atoms with Gasteiger partial charge in [-0.2, -0.15) is 0 Å². The van der Waals surface area contributed by atoms with Gasteiger partial charge < -0.3 is 6.16 Å². The van der Waals surface area contributed by atoms with E-state index in [1.807, 2.05) is 43.3 Å². The van der Waals surface area contributed by atoms with Crippen LogP contribution in [-0.4, -0.2) is 12.6 Å². The molecule has 0 spiro atoms. The average molecular weight is 301 g/mol. The van der Waals surface area contributed by atoms with Crippen LogP contribution < -0.4 is 28.9 Å². The van der Waals surface area contributed by atoms with Crippen LogP contribution in [-0.2, 0) is 0 Å². The second-order valence-electron chi connectivity index (χ2n) is 4.11. The molecule has 2 aromatic rings. The van der Waals surface area contributed by atoms with Crippen LogP contribution in [0.4, 0.5) is 0 Å². The summed E-state index contributed by atoms with van der Waals surface area (Å²) in [6.07, 6.45) is 0. The molecule has 0 fully saturated rings. The SMILES string of the molecule is COc1ccc(PC(=O)c2ccccc2C)c(Cl)c1.[H-].[Li+]. The van der Waals surface area contributed by atoms with Gasteiger partial charge in [-0.3, -0.25) is 4.79 Å². The minimum atomic E-state index is 0. The van der Waals surface area contributed by atoms with Gasteiger partial charge in [-0.05, 0) is 44.6 Å². The zero-order chi connectivity index (χ0) is 13.8. The minimum absolute atomic E-state index is 0. The van der Waals surface area contributed by atoms with Gasteiger partial charge in [0.2, 0.25) is 0 Å². The van der Waals surface area contributed by atoms with Crippen LogP contribution >= 0.6 is 20.2 Å². The van der Waals surface area contributed by atoms with Gasteiger partial charge in [0, 0.05) is 5.56 Å². The molecule has 0 aliphatic carbocycles. The maximum Gasteiger partial charge on any atom is 1.00 e. The van der Waals surface area contributed by atoms with E-state index < -0.39 is 0 Å². The smallest absolute Gasteiger partial charge is 1.00 e. The molecule has 1 atom stereocenters. The Labute approximate surface area is 139 Å². The van der Waals surface area contributed by atoms with Crippen molar-refractivity contribution in [3.05, 3.63) is 58.6 Å². The molecule has 0 heterocycles. The number of ether oxygens (including phenoxy) is 1. The molecule has 0 aromatic heterocycles. The van der Waals surface area contributed by atoms with E-state index in [1.54, 1.807) is 13.2 Å². The Morgan fingerprint density at radius 3 is 2.55 bits per heavy atom. The molecule has 0 radical (unpaired) electrons. The second kappa shape index (κ2) is 7.86. The molecule has 20 heavy (non-hydrogen) atoms. The third-order valence-electron chi connectivity index (χ3n) is 2.81. The van der Waals surface area contributed by atoms with Gasteiger partial charge in [0.15, 0.2) is 5.52 Å². The summed E-state index contributed by atoms with van der Waals surface area (Å²) >= 11 is 6.15. The standard InChI is InChI=1S/C15H14ClO2P.Li.H/c1-10-5-3-4-6-12(10)15(17)19-14-8-7-11(18-2)9-13(14)16;;/h3-9,19H,1-2H3;;/q;+1;-1. The van der Waals surface area contributed by atoms with Crippen LogP contribution in [0, 0.1) is 6.92 Å². The van der Waals surface area contributed by atoms with E-state index >= 15 is 0 Å². The molecule has 0 bridgehead atoms. The normalized spacial score (nSPS) is 10.3. The summed E-state index contributed by atoms with van der Waals surface area (Å²) in [6, 6.07) is 13.0. The Kier molecular flexibility index (Phi) is 6.79. The Balaban J connectivity index is 0.00000200. The first kappa shape index (κ1) is 17.3. The largest absolute Gasteiger partial charge is 1.00 e. The zero-order valence-electron chi connectivity index (χ0n) is 12.7. The number of rotatable bonds is 4. The summed E-state index contributed by atoms with van der Waals surface area (Å²) in [5, 5.41) is 1.41. The molecule has 0 aliphatic heterocycles. The maximum atomic E-state index is 12.3. The monoisotopic (exact) mass is 300 g/mol. The predicted octanol–water partition coefficient (Wildman–Crippen LogP) is 0.918. The third-order valence-corrected chi connectivity index (χ3v) is 4.49. The fraction of sp³-hybridized carbons (Fsp3) is 0.133. The van der Waals surface area contributed by atoms with Crippen LogP contribution in [0.3, 0.4) is 0 Å². The number of methoxy groups -OCH3 is 1. The van der Waals surface area contributed by atoms with Crippen molar-refractivity contribution in [1.29, 1.82) is 0 Å². The van der Waals surface area contributed by atoms with E-state index in [0.29, 0.717) is 10.8 Å². The molecular weight excluding hydrogens is 286 g/mol. The van der Waals surface area contributed by atoms with Gasteiger partial charge in [0.25, 0.3) is 0 Å². The molecule has 0 saturated heterocycles. The van der Waals surface area contributed by atoms with Crippen molar-refractivity contribution < 1.29 is 29.8 Å². The zero-order valence-corrected chi connectivity index (χ0v) is 13.5. The van der Waals surface area contributed by atoms with Gasteiger partial charge in [0.05, 0.1) is 12.1 Å². The van der Waals surface area contributed by atoms with Crippen molar-refractivity contribution in [3.8, 4) is 5.75 Å². The second-order valence-corrected chi connectivity index (χ2v) is 5.76. The first-order chi connectivity index (χ1) is 9.11. The van der Waals surface area contributed by atoms with Crippen molar-refractivity contribution in [2.75, 3.05) is 7.11 Å². The van der Waals surface area contributed by atoms with E-state index in [-0.39, 0.29) is 34.4 Å². The number of hydrogen-bond acceptors (Lipinski definition) is 2. The van der Waals surface area contributed by atoms with Crippen LogP contribution in [0.25, 0.3) is 0 Å². The van der Waals surface area contributed by atoms with Gasteiger partial charge in [-0.1, -0.05) is 35.9 Å². The van der Waals surface area contributed by atoms with Gasteiger partial charge in [-0.25, -0.2) is 0 Å². The summed E-state index contributed by atoms with van der Waals surface area (Å²) < 4.78 is 5.09.